The molecule has 2 aliphatic rings. The molecule has 1 aliphatic heterocycles. The number of fused-ring (bicyclic) bond motifs is 1. The smallest absolute Gasteiger partial charge is 0.409 e. The molecule has 13 nitrogen and oxygen atoms in total. The highest BCUT2D eigenvalue weighted by molar-refractivity contribution is 6.05. The second kappa shape index (κ2) is 14.4. The van der Waals surface area contributed by atoms with Gasteiger partial charge in [-0.05, 0) is 50.8 Å². The predicted octanol–water partition coefficient (Wildman–Crippen LogP) is 3.30. The van der Waals surface area contributed by atoms with Gasteiger partial charge in [0.05, 0.1) is 23.7 Å². The fourth-order valence-electron chi connectivity index (χ4n) is 6.08. The van der Waals surface area contributed by atoms with Gasteiger partial charge in [-0.1, -0.05) is 25.3 Å². The highest BCUT2D eigenvalue weighted by Crippen LogP contribution is 2.39. The monoisotopic (exact) mass is 612 g/mol. The number of carboxylic acid groups (broad SMARTS) is 2. The van der Waals surface area contributed by atoms with Gasteiger partial charge in [0.25, 0.3) is 5.91 Å². The van der Waals surface area contributed by atoms with Gasteiger partial charge in [0, 0.05) is 43.9 Å². The summed E-state index contributed by atoms with van der Waals surface area (Å²) >= 11 is 0. The number of amides is 3. The van der Waals surface area contributed by atoms with Crippen molar-refractivity contribution in [2.45, 2.75) is 70.8 Å². The number of hydrogen-bond acceptors (Lipinski definition) is 8. The second-order valence-corrected chi connectivity index (χ2v) is 11.4. The zero-order chi connectivity index (χ0) is 32.0. The first-order chi connectivity index (χ1) is 21.0. The summed E-state index contributed by atoms with van der Waals surface area (Å²) in [5.41, 5.74) is 6.79. The van der Waals surface area contributed by atoms with Crippen molar-refractivity contribution in [2.24, 2.45) is 11.7 Å². The molecule has 1 aliphatic carbocycles. The van der Waals surface area contributed by atoms with E-state index in [1.807, 2.05) is 6.92 Å². The number of aliphatic carboxylic acids is 2. The molecule has 13 heteroatoms. The van der Waals surface area contributed by atoms with Gasteiger partial charge in [0.15, 0.2) is 6.10 Å². The molecule has 3 amide bonds. The molecule has 4 rings (SSSR count). The molecule has 0 bridgehead atoms. The number of nitrogens with zero attached hydrogens (tertiary/aromatic N) is 3. The van der Waals surface area contributed by atoms with Gasteiger partial charge in [-0.3, -0.25) is 19.4 Å². The molecule has 2 unspecified atom stereocenters. The van der Waals surface area contributed by atoms with Crippen LogP contribution in [0.4, 0.5) is 4.79 Å². The van der Waals surface area contributed by atoms with Crippen molar-refractivity contribution >= 4 is 40.7 Å². The van der Waals surface area contributed by atoms with Gasteiger partial charge < -0.3 is 35.2 Å². The number of ether oxygens (including phenoxy) is 2. The molecule has 1 aromatic heterocycles. The minimum absolute atomic E-state index is 0.0579. The molecule has 0 radical (unpaired) electrons. The maximum Gasteiger partial charge on any atom is 0.409 e. The molecule has 2 fully saturated rings. The molecule has 2 atom stereocenters. The van der Waals surface area contributed by atoms with Crippen LogP contribution in [0.5, 0.6) is 5.75 Å². The molecule has 1 saturated heterocycles. The lowest BCUT2D eigenvalue weighted by Crippen LogP contribution is -2.52. The van der Waals surface area contributed by atoms with Crippen LogP contribution < -0.4 is 10.5 Å². The van der Waals surface area contributed by atoms with E-state index in [2.05, 4.69) is 0 Å². The van der Waals surface area contributed by atoms with Crippen molar-refractivity contribution in [3.05, 3.63) is 35.0 Å². The van der Waals surface area contributed by atoms with Crippen LogP contribution in [-0.4, -0.2) is 93.7 Å². The Morgan fingerprint density at radius 1 is 1.02 bits per heavy atom. The SMILES string of the molecule is CCOC(=O)N1CCN(C(=O)C(CCC(=O)O)c2nc3cc(C)ccc3c(OC(C(=O)O)C3CCCCC3)c2C(N)=O)CC1. The number of nitrogens with two attached hydrogens (primary N) is 1. The zero-order valence-corrected chi connectivity index (χ0v) is 25.1. The van der Waals surface area contributed by atoms with Gasteiger partial charge >= 0.3 is 18.0 Å². The number of hydrogen-bond donors (Lipinski definition) is 3. The van der Waals surface area contributed by atoms with Gasteiger partial charge in [0.2, 0.25) is 5.91 Å². The standard InChI is InChI=1S/C31H40N4O9/c1-3-43-31(42)35-15-13-34(14-16-35)29(39)21(11-12-23(36)37)25-24(28(32)38)27(20-10-9-18(2)17-22(20)33-25)44-26(30(40)41)19-7-5-4-6-8-19/h9-10,17,19,21,26H,3-8,11-16H2,1-2H3,(H2,32,38)(H,36,37)(H,40,41). The minimum atomic E-state index is -1.27. The van der Waals surface area contributed by atoms with E-state index < -0.39 is 48.3 Å². The Labute approximate surface area is 255 Å². The fourth-order valence-corrected chi connectivity index (χ4v) is 6.08. The fraction of sp³-hybridized carbons (Fsp3) is 0.548. The van der Waals surface area contributed by atoms with Crippen LogP contribution in [0.2, 0.25) is 0 Å². The average molecular weight is 613 g/mol. The van der Waals surface area contributed by atoms with E-state index in [0.29, 0.717) is 23.7 Å². The molecule has 4 N–H and O–H groups in total. The topological polar surface area (TPSA) is 190 Å². The maximum absolute atomic E-state index is 14.1. The molecule has 2 aromatic rings. The van der Waals surface area contributed by atoms with E-state index >= 15 is 0 Å². The lowest BCUT2D eigenvalue weighted by atomic mass is 9.85. The number of rotatable bonds is 11. The Morgan fingerprint density at radius 3 is 2.27 bits per heavy atom. The number of aryl methyl sites for hydroxylation is 1. The highest BCUT2D eigenvalue weighted by Gasteiger charge is 2.38. The summed E-state index contributed by atoms with van der Waals surface area (Å²) in [5, 5.41) is 20.1. The van der Waals surface area contributed by atoms with E-state index in [4.69, 9.17) is 20.2 Å². The van der Waals surface area contributed by atoms with Crippen molar-refractivity contribution in [1.29, 1.82) is 0 Å². The zero-order valence-electron chi connectivity index (χ0n) is 25.1. The number of carbonyl (C=O) groups is 5. The quantitative estimate of drug-likeness (QED) is 0.339. The van der Waals surface area contributed by atoms with Crippen molar-refractivity contribution in [1.82, 2.24) is 14.8 Å². The number of aromatic nitrogens is 1. The summed E-state index contributed by atoms with van der Waals surface area (Å²) in [4.78, 5) is 71.2. The van der Waals surface area contributed by atoms with Gasteiger partial charge in [-0.15, -0.1) is 0 Å². The first kappa shape index (κ1) is 32.5. The summed E-state index contributed by atoms with van der Waals surface area (Å²) < 4.78 is 11.3. The number of primary amides is 1. The highest BCUT2D eigenvalue weighted by atomic mass is 16.6. The average Bonchev–Trinajstić information content (AvgIpc) is 2.99. The van der Waals surface area contributed by atoms with E-state index in [1.165, 1.54) is 9.80 Å². The lowest BCUT2D eigenvalue weighted by molar-refractivity contribution is -0.148. The van der Waals surface area contributed by atoms with Crippen LogP contribution in [-0.2, 0) is 19.1 Å². The molecule has 238 valence electrons. The molecule has 0 spiro atoms. The van der Waals surface area contributed by atoms with E-state index in [9.17, 15) is 34.2 Å². The lowest BCUT2D eigenvalue weighted by Gasteiger charge is -2.36. The number of carboxylic acids is 2. The van der Waals surface area contributed by atoms with Crippen LogP contribution in [0, 0.1) is 12.8 Å². The third-order valence-corrected chi connectivity index (χ3v) is 8.33. The summed E-state index contributed by atoms with van der Waals surface area (Å²) in [6.07, 6.45) is 1.66. The largest absolute Gasteiger partial charge is 0.481 e. The number of pyridine rings is 1. The van der Waals surface area contributed by atoms with E-state index in [0.717, 1.165) is 24.8 Å². The van der Waals surface area contributed by atoms with Gasteiger partial charge in [0.1, 0.15) is 11.3 Å². The van der Waals surface area contributed by atoms with E-state index in [1.54, 1.807) is 25.1 Å². The minimum Gasteiger partial charge on any atom is -0.481 e. The van der Waals surface area contributed by atoms with Crippen molar-refractivity contribution < 1.29 is 43.7 Å². The van der Waals surface area contributed by atoms with Crippen LogP contribution in [0.1, 0.15) is 79.4 Å². The Bertz CT molecular complexity index is 1410. The molecular weight excluding hydrogens is 572 g/mol. The van der Waals surface area contributed by atoms with Crippen LogP contribution in [0.3, 0.4) is 0 Å². The summed E-state index contributed by atoms with van der Waals surface area (Å²) in [7, 11) is 0. The van der Waals surface area contributed by atoms with Gasteiger partial charge in [-0.2, -0.15) is 0 Å². The molecular formula is C31H40N4O9. The number of piperazine rings is 1. The third-order valence-electron chi connectivity index (χ3n) is 8.33. The molecule has 44 heavy (non-hydrogen) atoms. The third kappa shape index (κ3) is 7.37. The number of benzene rings is 1. The second-order valence-electron chi connectivity index (χ2n) is 11.4. The summed E-state index contributed by atoms with van der Waals surface area (Å²) in [5.74, 6) is -5.35. The molecule has 1 saturated carbocycles. The first-order valence-electron chi connectivity index (χ1n) is 15.1. The van der Waals surface area contributed by atoms with Crippen LogP contribution in [0.25, 0.3) is 10.9 Å². The Morgan fingerprint density at radius 2 is 1.68 bits per heavy atom. The molecule has 1 aromatic carbocycles. The Kier molecular flexibility index (Phi) is 10.6. The Hall–Kier alpha value is -4.42. The maximum atomic E-state index is 14.1. The van der Waals surface area contributed by atoms with Crippen LogP contribution >= 0.6 is 0 Å². The Balaban J connectivity index is 1.81. The normalized spacial score (nSPS) is 17.1. The predicted molar refractivity (Wildman–Crippen MR) is 158 cm³/mol. The van der Waals surface area contributed by atoms with Gasteiger partial charge in [-0.25, -0.2) is 9.59 Å². The number of carbonyl (C=O) groups excluding carboxylic acids is 3. The van der Waals surface area contributed by atoms with E-state index in [-0.39, 0.29) is 62.1 Å². The van der Waals surface area contributed by atoms with Crippen molar-refractivity contribution in [2.75, 3.05) is 32.8 Å². The van der Waals surface area contributed by atoms with Crippen LogP contribution in [0.15, 0.2) is 18.2 Å². The molecule has 2 heterocycles. The first-order valence-corrected chi connectivity index (χ1v) is 15.1. The summed E-state index contributed by atoms with van der Waals surface area (Å²) in [6, 6.07) is 5.17. The summed E-state index contributed by atoms with van der Waals surface area (Å²) in [6.45, 7) is 4.48. The van der Waals surface area contributed by atoms with Crippen molar-refractivity contribution in [3.8, 4) is 5.75 Å². The van der Waals surface area contributed by atoms with Crippen molar-refractivity contribution in [3.63, 3.8) is 0 Å².